The molecule has 1 aromatic carbocycles. The van der Waals surface area contributed by atoms with E-state index in [9.17, 15) is 9.59 Å². The molecule has 2 amide bonds. The van der Waals surface area contributed by atoms with Gasteiger partial charge in [-0.05, 0) is 43.4 Å². The van der Waals surface area contributed by atoms with Crippen LogP contribution in [0.25, 0.3) is 0 Å². The molecule has 0 unspecified atom stereocenters. The number of amides is 2. The van der Waals surface area contributed by atoms with Gasteiger partial charge in [-0.2, -0.15) is 12.6 Å². The quantitative estimate of drug-likeness (QED) is 0.371. The van der Waals surface area contributed by atoms with E-state index in [1.807, 2.05) is 30.5 Å². The van der Waals surface area contributed by atoms with Crippen LogP contribution in [0.1, 0.15) is 25.7 Å². The molecule has 0 heterocycles. The number of anilines is 1. The maximum atomic E-state index is 11.8. The lowest BCUT2D eigenvalue weighted by Gasteiger charge is -2.06. The molecule has 1 rings (SSSR count). The van der Waals surface area contributed by atoms with Gasteiger partial charge in [0.25, 0.3) is 0 Å². The molecule has 6 heteroatoms. The largest absolute Gasteiger partial charge is 0.355 e. The normalized spacial score (nSPS) is 10.2. The Morgan fingerprint density at radius 2 is 1.81 bits per heavy atom. The van der Waals surface area contributed by atoms with Crippen LogP contribution in [0.5, 0.6) is 0 Å². The van der Waals surface area contributed by atoms with Gasteiger partial charge in [-0.25, -0.2) is 0 Å². The van der Waals surface area contributed by atoms with Crippen LogP contribution in [0.4, 0.5) is 5.69 Å². The van der Waals surface area contributed by atoms with Gasteiger partial charge in [0.1, 0.15) is 0 Å². The third-order valence-corrected chi connectivity index (χ3v) is 3.95. The monoisotopic (exact) mass is 326 g/mol. The van der Waals surface area contributed by atoms with Crippen molar-refractivity contribution in [3.8, 4) is 0 Å². The van der Waals surface area contributed by atoms with Crippen molar-refractivity contribution in [2.75, 3.05) is 23.9 Å². The topological polar surface area (TPSA) is 58.2 Å². The minimum absolute atomic E-state index is 0.0336. The Hall–Kier alpha value is -1.14. The molecule has 0 aromatic heterocycles. The molecule has 0 aliphatic heterocycles. The summed E-state index contributed by atoms with van der Waals surface area (Å²) in [6.45, 7) is 0.650. The first kappa shape index (κ1) is 17.9. The van der Waals surface area contributed by atoms with E-state index in [-0.39, 0.29) is 17.6 Å². The lowest BCUT2D eigenvalue weighted by Crippen LogP contribution is -2.25. The van der Waals surface area contributed by atoms with E-state index >= 15 is 0 Å². The highest BCUT2D eigenvalue weighted by Crippen LogP contribution is 2.17. The van der Waals surface area contributed by atoms with Crippen molar-refractivity contribution in [2.24, 2.45) is 0 Å². The first-order valence-electron chi connectivity index (χ1n) is 6.97. The molecule has 0 saturated heterocycles. The van der Waals surface area contributed by atoms with Gasteiger partial charge in [-0.3, -0.25) is 9.59 Å². The van der Waals surface area contributed by atoms with Gasteiger partial charge in [0.2, 0.25) is 11.8 Å². The molecule has 4 nitrogen and oxygen atoms in total. The summed E-state index contributed by atoms with van der Waals surface area (Å²) < 4.78 is 0. The van der Waals surface area contributed by atoms with E-state index in [2.05, 4.69) is 23.3 Å². The predicted molar refractivity (Wildman–Crippen MR) is 92.2 cm³/mol. The molecule has 1 aromatic rings. The van der Waals surface area contributed by atoms with Crippen molar-refractivity contribution >= 4 is 41.9 Å². The Balaban J connectivity index is 2.12. The minimum Gasteiger partial charge on any atom is -0.355 e. The summed E-state index contributed by atoms with van der Waals surface area (Å²) in [4.78, 5) is 23.9. The van der Waals surface area contributed by atoms with E-state index in [0.29, 0.717) is 13.0 Å². The highest BCUT2D eigenvalue weighted by atomic mass is 32.2. The number of hydrogen-bond donors (Lipinski definition) is 3. The molecule has 0 fully saturated rings. The Morgan fingerprint density at radius 1 is 1.10 bits per heavy atom. The van der Waals surface area contributed by atoms with Crippen LogP contribution in [0, 0.1) is 0 Å². The fourth-order valence-corrected chi connectivity index (χ4v) is 2.29. The number of nitrogens with one attached hydrogen (secondary N) is 2. The number of unbranched alkanes of at least 4 members (excludes halogenated alkanes) is 2. The third kappa shape index (κ3) is 8.02. The summed E-state index contributed by atoms with van der Waals surface area (Å²) in [5.41, 5.74) is 0.832. The predicted octanol–water partition coefficient (Wildman–Crippen LogP) is 2.95. The van der Waals surface area contributed by atoms with Gasteiger partial charge in [0.15, 0.2) is 0 Å². The molecular weight excluding hydrogens is 304 g/mol. The second-order valence-electron chi connectivity index (χ2n) is 4.60. The highest BCUT2D eigenvalue weighted by Gasteiger charge is 2.02. The SMILES string of the molecule is CSc1ccc(NC(=O)CCCCCNC(=O)CS)cc1. The van der Waals surface area contributed by atoms with Gasteiger partial charge in [-0.1, -0.05) is 6.42 Å². The van der Waals surface area contributed by atoms with Gasteiger partial charge < -0.3 is 10.6 Å². The van der Waals surface area contributed by atoms with Crippen molar-refractivity contribution in [3.05, 3.63) is 24.3 Å². The van der Waals surface area contributed by atoms with E-state index in [4.69, 9.17) is 0 Å². The zero-order valence-corrected chi connectivity index (χ0v) is 13.9. The number of thioether (sulfide) groups is 1. The molecule has 0 bridgehead atoms. The van der Waals surface area contributed by atoms with E-state index in [1.165, 1.54) is 4.90 Å². The second kappa shape index (κ2) is 10.6. The number of thiol groups is 1. The molecule has 0 spiro atoms. The summed E-state index contributed by atoms with van der Waals surface area (Å²) in [5.74, 6) is 0.202. The van der Waals surface area contributed by atoms with E-state index < -0.39 is 0 Å². The number of carbonyl (C=O) groups excluding carboxylic acids is 2. The molecule has 0 atom stereocenters. The maximum absolute atomic E-state index is 11.8. The van der Waals surface area contributed by atoms with Crippen LogP contribution in [0.3, 0.4) is 0 Å². The Bertz CT molecular complexity index is 449. The zero-order chi connectivity index (χ0) is 15.5. The number of benzene rings is 1. The first-order chi connectivity index (χ1) is 10.2. The zero-order valence-electron chi connectivity index (χ0n) is 12.2. The van der Waals surface area contributed by atoms with Crippen LogP contribution in [-0.4, -0.2) is 30.4 Å². The van der Waals surface area contributed by atoms with Crippen molar-refractivity contribution in [2.45, 2.75) is 30.6 Å². The molecule has 0 aliphatic carbocycles. The average molecular weight is 326 g/mol. The van der Waals surface area contributed by atoms with Gasteiger partial charge in [0, 0.05) is 23.5 Å². The lowest BCUT2D eigenvalue weighted by molar-refractivity contribution is -0.118. The van der Waals surface area contributed by atoms with Crippen LogP contribution in [0.2, 0.25) is 0 Å². The standard InChI is InChI=1S/C15H22N2O2S2/c1-21-13-8-6-12(7-9-13)17-14(18)5-3-2-4-10-16-15(19)11-20/h6-9,20H,2-5,10-11H2,1H3,(H,16,19)(H,17,18). The highest BCUT2D eigenvalue weighted by molar-refractivity contribution is 7.98. The van der Waals surface area contributed by atoms with E-state index in [1.54, 1.807) is 11.8 Å². The second-order valence-corrected chi connectivity index (χ2v) is 5.79. The molecule has 0 radical (unpaired) electrons. The minimum atomic E-state index is -0.0511. The van der Waals surface area contributed by atoms with Crippen molar-refractivity contribution in [1.82, 2.24) is 5.32 Å². The van der Waals surface area contributed by atoms with Gasteiger partial charge in [0.05, 0.1) is 5.75 Å². The first-order valence-corrected chi connectivity index (χ1v) is 8.83. The molecule has 2 N–H and O–H groups in total. The fraction of sp³-hybridized carbons (Fsp3) is 0.467. The number of rotatable bonds is 9. The molecule has 21 heavy (non-hydrogen) atoms. The summed E-state index contributed by atoms with van der Waals surface area (Å²) >= 11 is 5.55. The van der Waals surface area contributed by atoms with Crippen LogP contribution in [0.15, 0.2) is 29.2 Å². The summed E-state index contributed by atoms with van der Waals surface area (Å²) in [6.07, 6.45) is 5.16. The van der Waals surface area contributed by atoms with Crippen molar-refractivity contribution < 1.29 is 9.59 Å². The Kier molecular flexibility index (Phi) is 9.01. The van der Waals surface area contributed by atoms with Gasteiger partial charge >= 0.3 is 0 Å². The molecule has 0 saturated carbocycles. The van der Waals surface area contributed by atoms with Crippen molar-refractivity contribution in [3.63, 3.8) is 0 Å². The van der Waals surface area contributed by atoms with Crippen LogP contribution < -0.4 is 10.6 Å². The lowest BCUT2D eigenvalue weighted by atomic mass is 10.2. The van der Waals surface area contributed by atoms with Crippen molar-refractivity contribution in [1.29, 1.82) is 0 Å². The Morgan fingerprint density at radius 3 is 2.43 bits per heavy atom. The van der Waals surface area contributed by atoms with Gasteiger partial charge in [-0.15, -0.1) is 11.8 Å². The summed E-state index contributed by atoms with van der Waals surface area (Å²) in [7, 11) is 0. The third-order valence-electron chi connectivity index (χ3n) is 2.92. The average Bonchev–Trinajstić information content (AvgIpc) is 2.51. The number of hydrogen-bond acceptors (Lipinski definition) is 4. The van der Waals surface area contributed by atoms with Crippen LogP contribution in [-0.2, 0) is 9.59 Å². The fourth-order valence-electron chi connectivity index (χ4n) is 1.77. The molecule has 116 valence electrons. The Labute approximate surface area is 135 Å². The number of carbonyl (C=O) groups is 2. The van der Waals surface area contributed by atoms with Crippen LogP contribution >= 0.6 is 24.4 Å². The van der Waals surface area contributed by atoms with E-state index in [0.717, 1.165) is 24.9 Å². The molecular formula is C15H22N2O2S2. The maximum Gasteiger partial charge on any atom is 0.229 e. The smallest absolute Gasteiger partial charge is 0.229 e. The molecule has 0 aliphatic rings. The summed E-state index contributed by atoms with van der Waals surface area (Å²) in [6, 6.07) is 7.81. The summed E-state index contributed by atoms with van der Waals surface area (Å²) in [5, 5.41) is 5.64.